The number of amides is 1. The lowest BCUT2D eigenvalue weighted by Gasteiger charge is -2.35. The van der Waals surface area contributed by atoms with Crippen molar-refractivity contribution in [3.63, 3.8) is 0 Å². The molecular formula is C29H24ClNO3. The Labute approximate surface area is 203 Å². The second kappa shape index (κ2) is 10.4. The van der Waals surface area contributed by atoms with Crippen LogP contribution in [-0.2, 0) is 21.4 Å². The summed E-state index contributed by atoms with van der Waals surface area (Å²) in [5.41, 5.74) is 1.78. The van der Waals surface area contributed by atoms with Gasteiger partial charge in [0.25, 0.3) is 0 Å². The Balaban J connectivity index is 1.83. The fraction of sp³-hybridized carbons (Fsp3) is 0.103. The first-order valence-electron chi connectivity index (χ1n) is 11.0. The van der Waals surface area contributed by atoms with Crippen molar-refractivity contribution in [2.24, 2.45) is 0 Å². The third-order valence-corrected chi connectivity index (χ3v) is 6.17. The predicted molar refractivity (Wildman–Crippen MR) is 134 cm³/mol. The number of benzene rings is 4. The number of nitrogens with one attached hydrogen (secondary N) is 1. The first kappa shape index (κ1) is 23.3. The lowest BCUT2D eigenvalue weighted by Crippen LogP contribution is -2.52. The maximum Gasteiger partial charge on any atom is 0.326 e. The third-order valence-electron chi connectivity index (χ3n) is 5.92. The van der Waals surface area contributed by atoms with Gasteiger partial charge in [0, 0.05) is 11.4 Å². The number of carbonyl (C=O) groups is 2. The Morgan fingerprint density at radius 3 is 1.50 bits per heavy atom. The summed E-state index contributed by atoms with van der Waals surface area (Å²) in [6, 6.07) is 34.2. The average molecular weight is 470 g/mol. The Bertz CT molecular complexity index is 1150. The number of halogens is 1. The molecule has 1 amide bonds. The standard InChI is InChI=1S/C29H24ClNO3/c30-25-18-16-21(17-19-25)20-26(27(32)33)31-28(34)29(22-10-4-1-5-11-22,23-12-6-2-7-13-23)24-14-8-3-9-15-24/h1-19,26H,20H2,(H,31,34)(H,32,33)/t26-/m0/s1. The highest BCUT2D eigenvalue weighted by Crippen LogP contribution is 2.39. The van der Waals surface area contributed by atoms with Crippen LogP contribution in [0.3, 0.4) is 0 Å². The number of aliphatic carboxylic acids is 1. The van der Waals surface area contributed by atoms with Gasteiger partial charge in [-0.1, -0.05) is 115 Å². The van der Waals surface area contributed by atoms with E-state index in [1.807, 2.05) is 91.0 Å². The molecule has 1 atom stereocenters. The van der Waals surface area contributed by atoms with Gasteiger partial charge in [0.15, 0.2) is 0 Å². The zero-order valence-electron chi connectivity index (χ0n) is 18.4. The summed E-state index contributed by atoms with van der Waals surface area (Å²) < 4.78 is 0. The molecule has 4 rings (SSSR count). The second-order valence-electron chi connectivity index (χ2n) is 8.04. The van der Waals surface area contributed by atoms with Crippen molar-refractivity contribution in [2.75, 3.05) is 0 Å². The quantitative estimate of drug-likeness (QED) is 0.335. The Kier molecular flexibility index (Phi) is 7.09. The smallest absolute Gasteiger partial charge is 0.326 e. The van der Waals surface area contributed by atoms with Crippen LogP contribution in [0.15, 0.2) is 115 Å². The van der Waals surface area contributed by atoms with Gasteiger partial charge in [-0.05, 0) is 34.4 Å². The molecule has 2 N–H and O–H groups in total. The van der Waals surface area contributed by atoms with Crippen LogP contribution in [-0.4, -0.2) is 23.0 Å². The monoisotopic (exact) mass is 469 g/mol. The normalized spacial score (nSPS) is 12.0. The highest BCUT2D eigenvalue weighted by molar-refractivity contribution is 6.30. The fourth-order valence-electron chi connectivity index (χ4n) is 4.28. The van der Waals surface area contributed by atoms with E-state index in [1.165, 1.54) is 0 Å². The molecule has 0 unspecified atom stereocenters. The van der Waals surface area contributed by atoms with Crippen molar-refractivity contribution in [1.82, 2.24) is 5.32 Å². The van der Waals surface area contributed by atoms with E-state index in [0.717, 1.165) is 22.3 Å². The van der Waals surface area contributed by atoms with Crippen molar-refractivity contribution in [1.29, 1.82) is 0 Å². The zero-order chi connectivity index (χ0) is 24.0. The molecule has 0 bridgehead atoms. The second-order valence-corrected chi connectivity index (χ2v) is 8.48. The van der Waals surface area contributed by atoms with Crippen LogP contribution < -0.4 is 5.32 Å². The first-order valence-corrected chi connectivity index (χ1v) is 11.3. The SMILES string of the molecule is O=C(O)[C@H](Cc1ccc(Cl)cc1)NC(=O)C(c1ccccc1)(c1ccccc1)c1ccccc1. The fourth-order valence-corrected chi connectivity index (χ4v) is 4.41. The molecule has 0 heterocycles. The molecule has 0 radical (unpaired) electrons. The van der Waals surface area contributed by atoms with Crippen molar-refractivity contribution >= 4 is 23.5 Å². The van der Waals surface area contributed by atoms with Crippen LogP contribution in [0.25, 0.3) is 0 Å². The Morgan fingerprint density at radius 1 is 0.706 bits per heavy atom. The molecule has 4 aromatic rings. The summed E-state index contributed by atoms with van der Waals surface area (Å²) in [4.78, 5) is 26.4. The predicted octanol–water partition coefficient (Wildman–Crippen LogP) is 5.49. The van der Waals surface area contributed by atoms with Crippen LogP contribution in [0.1, 0.15) is 22.3 Å². The zero-order valence-corrected chi connectivity index (χ0v) is 19.2. The molecule has 34 heavy (non-hydrogen) atoms. The van der Waals surface area contributed by atoms with Crippen LogP contribution in [0, 0.1) is 0 Å². The van der Waals surface area contributed by atoms with Gasteiger partial charge in [-0.25, -0.2) is 4.79 Å². The number of hydrogen-bond donors (Lipinski definition) is 2. The summed E-state index contributed by atoms with van der Waals surface area (Å²) in [5.74, 6) is -1.51. The minimum Gasteiger partial charge on any atom is -0.480 e. The van der Waals surface area contributed by atoms with Crippen LogP contribution >= 0.6 is 11.6 Å². The Hall–Kier alpha value is -3.89. The Morgan fingerprint density at radius 2 is 1.12 bits per heavy atom. The molecule has 0 aromatic heterocycles. The van der Waals surface area contributed by atoms with E-state index in [4.69, 9.17) is 11.6 Å². The summed E-state index contributed by atoms with van der Waals surface area (Å²) in [7, 11) is 0. The number of hydrogen-bond acceptors (Lipinski definition) is 2. The van der Waals surface area contributed by atoms with E-state index in [-0.39, 0.29) is 6.42 Å². The summed E-state index contributed by atoms with van der Waals surface area (Å²) >= 11 is 5.97. The van der Waals surface area contributed by atoms with E-state index in [0.29, 0.717) is 5.02 Å². The van der Waals surface area contributed by atoms with Gasteiger partial charge in [-0.2, -0.15) is 0 Å². The van der Waals surface area contributed by atoms with Crippen molar-refractivity contribution in [3.05, 3.63) is 143 Å². The third kappa shape index (κ3) is 4.73. The average Bonchev–Trinajstić information content (AvgIpc) is 2.87. The molecule has 4 nitrogen and oxygen atoms in total. The van der Waals surface area contributed by atoms with Gasteiger partial charge < -0.3 is 10.4 Å². The highest BCUT2D eigenvalue weighted by atomic mass is 35.5. The van der Waals surface area contributed by atoms with Gasteiger partial charge in [-0.3, -0.25) is 4.79 Å². The largest absolute Gasteiger partial charge is 0.480 e. The van der Waals surface area contributed by atoms with E-state index >= 15 is 0 Å². The molecule has 0 saturated carbocycles. The van der Waals surface area contributed by atoms with Crippen LogP contribution in [0.5, 0.6) is 0 Å². The van der Waals surface area contributed by atoms with E-state index in [1.54, 1.807) is 24.3 Å². The van der Waals surface area contributed by atoms with Crippen LogP contribution in [0.4, 0.5) is 0 Å². The number of carboxylic acid groups (broad SMARTS) is 1. The molecule has 0 fully saturated rings. The molecule has 0 aliphatic rings. The van der Waals surface area contributed by atoms with Gasteiger partial charge in [-0.15, -0.1) is 0 Å². The molecule has 0 saturated heterocycles. The van der Waals surface area contributed by atoms with Gasteiger partial charge in [0.2, 0.25) is 5.91 Å². The minimum absolute atomic E-state index is 0.132. The highest BCUT2D eigenvalue weighted by Gasteiger charge is 2.45. The molecule has 0 aliphatic heterocycles. The molecule has 0 spiro atoms. The van der Waals surface area contributed by atoms with Crippen molar-refractivity contribution in [2.45, 2.75) is 17.9 Å². The number of carboxylic acids is 1. The maximum atomic E-state index is 14.2. The number of rotatable bonds is 8. The first-order chi connectivity index (χ1) is 16.5. The molecule has 0 aliphatic carbocycles. The van der Waals surface area contributed by atoms with E-state index in [9.17, 15) is 14.7 Å². The van der Waals surface area contributed by atoms with Gasteiger partial charge in [0.05, 0.1) is 0 Å². The topological polar surface area (TPSA) is 66.4 Å². The lowest BCUT2D eigenvalue weighted by molar-refractivity contribution is -0.142. The van der Waals surface area contributed by atoms with Crippen molar-refractivity contribution < 1.29 is 14.7 Å². The van der Waals surface area contributed by atoms with Gasteiger partial charge in [0.1, 0.15) is 11.5 Å². The minimum atomic E-state index is -1.24. The molecule has 170 valence electrons. The lowest BCUT2D eigenvalue weighted by atomic mass is 9.68. The van der Waals surface area contributed by atoms with Crippen LogP contribution in [0.2, 0.25) is 5.02 Å². The van der Waals surface area contributed by atoms with Gasteiger partial charge >= 0.3 is 5.97 Å². The molecule has 4 aromatic carbocycles. The summed E-state index contributed by atoms with van der Waals surface area (Å²) in [6.45, 7) is 0. The summed E-state index contributed by atoms with van der Waals surface area (Å²) in [5, 5.41) is 13.4. The number of carbonyl (C=O) groups excluding carboxylic acids is 1. The molecule has 5 heteroatoms. The van der Waals surface area contributed by atoms with Crippen molar-refractivity contribution in [3.8, 4) is 0 Å². The van der Waals surface area contributed by atoms with E-state index in [2.05, 4.69) is 5.32 Å². The molecular weight excluding hydrogens is 446 g/mol. The van der Waals surface area contributed by atoms with E-state index < -0.39 is 23.3 Å². The summed E-state index contributed by atoms with van der Waals surface area (Å²) in [6.07, 6.45) is 0.132. The maximum absolute atomic E-state index is 14.2.